The van der Waals surface area contributed by atoms with Crippen LogP contribution in [0.3, 0.4) is 0 Å². The van der Waals surface area contributed by atoms with E-state index in [0.717, 1.165) is 12.8 Å². The number of hydrogen-bond donors (Lipinski definition) is 3. The van der Waals surface area contributed by atoms with Crippen molar-refractivity contribution in [2.75, 3.05) is 0 Å². The summed E-state index contributed by atoms with van der Waals surface area (Å²) in [7, 11) is 0. The molecular formula is C18H28O4. The minimum atomic E-state index is -1.25. The molecule has 0 aliphatic heterocycles. The molecule has 0 bridgehead atoms. The van der Waals surface area contributed by atoms with Crippen LogP contribution in [0.4, 0.5) is 0 Å². The molecule has 3 rings (SSSR count). The number of fused-ring (bicyclic) bond motifs is 1. The molecule has 0 heterocycles. The maximum atomic E-state index is 12.0. The minimum absolute atomic E-state index is 0.0874. The van der Waals surface area contributed by atoms with Gasteiger partial charge in [-0.15, -0.1) is 0 Å². The van der Waals surface area contributed by atoms with Crippen molar-refractivity contribution in [3.63, 3.8) is 0 Å². The van der Waals surface area contributed by atoms with E-state index >= 15 is 0 Å². The molecule has 0 amide bonds. The van der Waals surface area contributed by atoms with Gasteiger partial charge in [0.2, 0.25) is 0 Å². The van der Waals surface area contributed by atoms with Crippen LogP contribution in [0.15, 0.2) is 12.2 Å². The zero-order valence-electron chi connectivity index (χ0n) is 13.3. The molecule has 0 aromatic heterocycles. The van der Waals surface area contributed by atoms with E-state index < -0.39 is 17.8 Å². The number of carbonyl (C=O) groups excluding carboxylic acids is 1. The van der Waals surface area contributed by atoms with Crippen LogP contribution in [0.25, 0.3) is 0 Å². The van der Waals surface area contributed by atoms with Gasteiger partial charge in [-0.2, -0.15) is 0 Å². The fraction of sp³-hybridized carbons (Fsp3) is 0.833. The largest absolute Gasteiger partial charge is 0.393 e. The van der Waals surface area contributed by atoms with E-state index in [0.29, 0.717) is 18.8 Å². The fourth-order valence-corrected chi connectivity index (χ4v) is 4.90. The van der Waals surface area contributed by atoms with Gasteiger partial charge in [-0.3, -0.25) is 4.79 Å². The van der Waals surface area contributed by atoms with Crippen LogP contribution in [0.2, 0.25) is 0 Å². The van der Waals surface area contributed by atoms with Gasteiger partial charge in [-0.05, 0) is 31.6 Å². The zero-order valence-corrected chi connectivity index (χ0v) is 13.3. The average molecular weight is 308 g/mol. The summed E-state index contributed by atoms with van der Waals surface area (Å²) in [5, 5.41) is 31.1. The zero-order chi connectivity index (χ0) is 15.9. The summed E-state index contributed by atoms with van der Waals surface area (Å²) in [6.07, 6.45) is 9.17. The average Bonchev–Trinajstić information content (AvgIpc) is 2.55. The standard InChI is InChI=1S/C18H28O4/c1-11-16-13(15(20)9-10-18(16,22)17(11)21)7-8-14(19)12-5-3-2-4-6-12/h7-8,11-16,19-20,22H,2-6,9-10H2,1H3/t11?,13-,14+,15+,16+,18+/m0/s1. The van der Waals surface area contributed by atoms with Gasteiger partial charge in [0.1, 0.15) is 5.60 Å². The first-order chi connectivity index (χ1) is 10.4. The first kappa shape index (κ1) is 16.2. The van der Waals surface area contributed by atoms with Gasteiger partial charge in [-0.1, -0.05) is 38.3 Å². The highest BCUT2D eigenvalue weighted by atomic mass is 16.3. The Morgan fingerprint density at radius 3 is 2.59 bits per heavy atom. The summed E-state index contributed by atoms with van der Waals surface area (Å²) in [6, 6.07) is 0. The Balaban J connectivity index is 1.69. The molecule has 4 heteroatoms. The third-order valence-electron chi connectivity index (χ3n) is 6.27. The van der Waals surface area contributed by atoms with Crippen LogP contribution in [0, 0.1) is 23.7 Å². The summed E-state index contributed by atoms with van der Waals surface area (Å²) < 4.78 is 0. The van der Waals surface area contributed by atoms with Crippen LogP contribution >= 0.6 is 0 Å². The van der Waals surface area contributed by atoms with Gasteiger partial charge in [0.05, 0.1) is 12.2 Å². The number of ketones is 1. The van der Waals surface area contributed by atoms with Gasteiger partial charge >= 0.3 is 0 Å². The van der Waals surface area contributed by atoms with Crippen molar-refractivity contribution in [2.45, 2.75) is 69.7 Å². The second kappa shape index (κ2) is 6.06. The maximum absolute atomic E-state index is 12.0. The van der Waals surface area contributed by atoms with Crippen molar-refractivity contribution < 1.29 is 20.1 Å². The Labute approximate surface area is 132 Å². The van der Waals surface area contributed by atoms with Crippen LogP contribution in [0.5, 0.6) is 0 Å². The lowest BCUT2D eigenvalue weighted by atomic mass is 9.50. The van der Waals surface area contributed by atoms with Crippen LogP contribution in [-0.2, 0) is 4.79 Å². The molecular weight excluding hydrogens is 280 g/mol. The molecule has 22 heavy (non-hydrogen) atoms. The third kappa shape index (κ3) is 2.55. The summed E-state index contributed by atoms with van der Waals surface area (Å²) in [6.45, 7) is 1.83. The van der Waals surface area contributed by atoms with E-state index in [1.165, 1.54) is 19.3 Å². The van der Waals surface area contributed by atoms with E-state index in [2.05, 4.69) is 0 Å². The second-order valence-corrected chi connectivity index (χ2v) is 7.56. The lowest BCUT2D eigenvalue weighted by Crippen LogP contribution is -2.68. The number of Topliss-reactive ketones (excluding diaryl/α,β-unsaturated/α-hetero) is 1. The number of hydrogen-bond acceptors (Lipinski definition) is 4. The highest BCUT2D eigenvalue weighted by molar-refractivity contribution is 5.96. The quantitative estimate of drug-likeness (QED) is 0.695. The van der Waals surface area contributed by atoms with Gasteiger partial charge in [-0.25, -0.2) is 0 Å². The molecule has 0 aromatic carbocycles. The first-order valence-corrected chi connectivity index (χ1v) is 8.76. The number of aliphatic hydroxyl groups excluding tert-OH is 2. The lowest BCUT2D eigenvalue weighted by Gasteiger charge is -2.56. The van der Waals surface area contributed by atoms with Gasteiger partial charge in [0.15, 0.2) is 5.78 Å². The van der Waals surface area contributed by atoms with Crippen LogP contribution in [0.1, 0.15) is 51.9 Å². The highest BCUT2D eigenvalue weighted by Gasteiger charge is 2.63. The molecule has 0 saturated heterocycles. The molecule has 3 fully saturated rings. The molecule has 0 aromatic rings. The van der Waals surface area contributed by atoms with Crippen molar-refractivity contribution in [3.05, 3.63) is 12.2 Å². The Hall–Kier alpha value is -0.710. The number of aliphatic hydroxyl groups is 3. The second-order valence-electron chi connectivity index (χ2n) is 7.56. The predicted molar refractivity (Wildman–Crippen MR) is 83.1 cm³/mol. The Morgan fingerprint density at radius 1 is 1.23 bits per heavy atom. The molecule has 3 N–H and O–H groups in total. The molecule has 1 unspecified atom stereocenters. The van der Waals surface area contributed by atoms with E-state index in [1.807, 2.05) is 13.0 Å². The maximum Gasteiger partial charge on any atom is 0.167 e. The minimum Gasteiger partial charge on any atom is -0.393 e. The summed E-state index contributed by atoms with van der Waals surface area (Å²) in [5.74, 6) is -0.426. The molecule has 124 valence electrons. The van der Waals surface area contributed by atoms with E-state index in [-0.39, 0.29) is 23.5 Å². The summed E-state index contributed by atoms with van der Waals surface area (Å²) in [4.78, 5) is 12.0. The molecule has 3 aliphatic rings. The SMILES string of the molecule is CC1C(=O)[C@@]2(O)CC[C@@H](O)[C@H](C=C[C@@H](O)C3CCCCC3)[C@@H]12. The van der Waals surface area contributed by atoms with Crippen molar-refractivity contribution in [3.8, 4) is 0 Å². The lowest BCUT2D eigenvalue weighted by molar-refractivity contribution is -0.197. The molecule has 3 aliphatic carbocycles. The van der Waals surface area contributed by atoms with Crippen molar-refractivity contribution >= 4 is 5.78 Å². The van der Waals surface area contributed by atoms with Gasteiger partial charge in [0.25, 0.3) is 0 Å². The van der Waals surface area contributed by atoms with Crippen molar-refractivity contribution in [1.82, 2.24) is 0 Å². The molecule has 0 radical (unpaired) electrons. The monoisotopic (exact) mass is 308 g/mol. The number of carbonyl (C=O) groups is 1. The third-order valence-corrected chi connectivity index (χ3v) is 6.27. The predicted octanol–water partition coefficient (Wildman–Crippen LogP) is 1.82. The van der Waals surface area contributed by atoms with E-state index in [4.69, 9.17) is 0 Å². The highest BCUT2D eigenvalue weighted by Crippen LogP contribution is 2.52. The van der Waals surface area contributed by atoms with Crippen LogP contribution < -0.4 is 0 Å². The van der Waals surface area contributed by atoms with Gasteiger partial charge < -0.3 is 15.3 Å². The van der Waals surface area contributed by atoms with Crippen molar-refractivity contribution in [2.24, 2.45) is 23.7 Å². The topological polar surface area (TPSA) is 77.8 Å². The smallest absolute Gasteiger partial charge is 0.167 e. The summed E-state index contributed by atoms with van der Waals surface area (Å²) in [5.41, 5.74) is -1.25. The number of rotatable bonds is 3. The Kier molecular flexibility index (Phi) is 4.45. The van der Waals surface area contributed by atoms with Crippen molar-refractivity contribution in [1.29, 1.82) is 0 Å². The van der Waals surface area contributed by atoms with E-state index in [1.54, 1.807) is 6.08 Å². The van der Waals surface area contributed by atoms with E-state index in [9.17, 15) is 20.1 Å². The first-order valence-electron chi connectivity index (χ1n) is 8.76. The van der Waals surface area contributed by atoms with Gasteiger partial charge in [0, 0.05) is 17.8 Å². The fourth-order valence-electron chi connectivity index (χ4n) is 4.90. The molecule has 3 saturated carbocycles. The molecule has 4 nitrogen and oxygen atoms in total. The molecule has 0 spiro atoms. The normalized spacial score (nSPS) is 44.6. The van der Waals surface area contributed by atoms with Crippen LogP contribution in [-0.4, -0.2) is 38.9 Å². The molecule has 6 atom stereocenters. The Morgan fingerprint density at radius 2 is 1.91 bits per heavy atom. The Bertz CT molecular complexity index is 454. The summed E-state index contributed by atoms with van der Waals surface area (Å²) >= 11 is 0.